The zero-order valence-electron chi connectivity index (χ0n) is 16.1. The lowest BCUT2D eigenvalue weighted by Gasteiger charge is -2.26. The number of thiazole rings is 1. The van der Waals surface area contributed by atoms with E-state index in [1.807, 2.05) is 44.2 Å². The summed E-state index contributed by atoms with van der Waals surface area (Å²) < 4.78 is 7.81. The Labute approximate surface area is 167 Å². The Hall–Kier alpha value is -2.69. The molecule has 28 heavy (non-hydrogen) atoms. The summed E-state index contributed by atoms with van der Waals surface area (Å²) in [5, 5.41) is 9.72. The number of carbonyl (C=O) groups is 1. The van der Waals surface area contributed by atoms with Crippen molar-refractivity contribution in [1.82, 2.24) is 9.47 Å². The lowest BCUT2D eigenvalue weighted by molar-refractivity contribution is -0.128. The zero-order valence-corrected chi connectivity index (χ0v) is 16.9. The molecule has 1 fully saturated rings. The Morgan fingerprint density at radius 2 is 2.04 bits per heavy atom. The van der Waals surface area contributed by atoms with Gasteiger partial charge in [0.05, 0.1) is 17.7 Å². The number of ether oxygens (including phenoxy) is 1. The first-order valence-electron chi connectivity index (χ1n) is 9.35. The van der Waals surface area contributed by atoms with Gasteiger partial charge in [-0.3, -0.25) is 14.2 Å². The van der Waals surface area contributed by atoms with Crippen LogP contribution in [0.2, 0.25) is 0 Å². The highest BCUT2D eigenvalue weighted by atomic mass is 32.1. The molecule has 1 saturated heterocycles. The molecule has 0 saturated carbocycles. The first kappa shape index (κ1) is 20.1. The number of hydrogen-bond donors (Lipinski definition) is 0. The van der Waals surface area contributed by atoms with Crippen LogP contribution in [0.1, 0.15) is 24.5 Å². The highest BCUT2D eigenvalue weighted by molar-refractivity contribution is 7.07. The van der Waals surface area contributed by atoms with Gasteiger partial charge in [-0.15, -0.1) is 11.3 Å². The lowest BCUT2D eigenvalue weighted by atomic mass is 10.1. The summed E-state index contributed by atoms with van der Waals surface area (Å²) in [7, 11) is 0. The van der Waals surface area contributed by atoms with Crippen LogP contribution in [0.3, 0.4) is 0 Å². The number of nitriles is 1. The first-order valence-corrected chi connectivity index (χ1v) is 10.2. The van der Waals surface area contributed by atoms with Gasteiger partial charge in [0.15, 0.2) is 5.57 Å². The Balaban J connectivity index is 2.20. The van der Waals surface area contributed by atoms with Crippen molar-refractivity contribution >= 4 is 28.9 Å². The van der Waals surface area contributed by atoms with E-state index in [9.17, 15) is 14.9 Å². The monoisotopic (exact) mass is 397 g/mol. The Bertz CT molecular complexity index is 1090. The van der Waals surface area contributed by atoms with Crippen LogP contribution in [0, 0.1) is 18.3 Å². The summed E-state index contributed by atoms with van der Waals surface area (Å²) in [6, 6.07) is 9.86. The van der Waals surface area contributed by atoms with Gasteiger partial charge in [0.2, 0.25) is 0 Å². The second-order valence-electron chi connectivity index (χ2n) is 6.62. The molecule has 0 spiro atoms. The Morgan fingerprint density at radius 1 is 1.32 bits per heavy atom. The molecular formula is C21H23N3O3S. The van der Waals surface area contributed by atoms with Crippen molar-refractivity contribution in [2.75, 3.05) is 26.3 Å². The van der Waals surface area contributed by atoms with Gasteiger partial charge >= 0.3 is 0 Å². The maximum absolute atomic E-state index is 13.0. The molecule has 1 aliphatic rings. The van der Waals surface area contributed by atoms with E-state index in [1.165, 1.54) is 11.3 Å². The molecule has 1 aliphatic heterocycles. The van der Waals surface area contributed by atoms with Gasteiger partial charge in [0.1, 0.15) is 10.7 Å². The largest absolute Gasteiger partial charge is 0.378 e. The van der Waals surface area contributed by atoms with Crippen LogP contribution in [0.4, 0.5) is 0 Å². The number of aryl methyl sites for hydroxylation is 1. The van der Waals surface area contributed by atoms with Crippen molar-refractivity contribution in [3.05, 3.63) is 54.9 Å². The molecule has 0 N–H and O–H groups in total. The smallest absolute Gasteiger partial charge is 0.269 e. The summed E-state index contributed by atoms with van der Waals surface area (Å²) in [6.45, 7) is 6.25. The first-order chi connectivity index (χ1) is 13.6. The van der Waals surface area contributed by atoms with E-state index in [4.69, 9.17) is 4.74 Å². The predicted molar refractivity (Wildman–Crippen MR) is 109 cm³/mol. The molecule has 2 aromatic rings. The average Bonchev–Trinajstić information content (AvgIpc) is 3.01. The van der Waals surface area contributed by atoms with Crippen LogP contribution < -0.4 is 14.8 Å². The number of morpholine rings is 1. The van der Waals surface area contributed by atoms with Crippen molar-refractivity contribution in [1.29, 1.82) is 5.26 Å². The molecule has 146 valence electrons. The summed E-state index contributed by atoms with van der Waals surface area (Å²) in [5.74, 6) is -0.334. The summed E-state index contributed by atoms with van der Waals surface area (Å²) in [4.78, 5) is 27.5. The Kier molecular flexibility index (Phi) is 6.45. The third-order valence-corrected chi connectivity index (χ3v) is 5.80. The topological polar surface area (TPSA) is 75.3 Å². The van der Waals surface area contributed by atoms with Crippen LogP contribution in [0.15, 0.2) is 29.1 Å². The maximum Gasteiger partial charge on any atom is 0.269 e. The quantitative estimate of drug-likeness (QED) is 0.771. The molecule has 0 radical (unpaired) electrons. The summed E-state index contributed by atoms with van der Waals surface area (Å²) >= 11 is 1.21. The molecule has 0 atom stereocenters. The van der Waals surface area contributed by atoms with Gasteiger partial charge in [-0.25, -0.2) is 0 Å². The number of amides is 1. The summed E-state index contributed by atoms with van der Waals surface area (Å²) in [5.41, 5.74) is 1.89. The van der Waals surface area contributed by atoms with Gasteiger partial charge < -0.3 is 9.64 Å². The minimum atomic E-state index is -0.334. The molecule has 0 unspecified atom stereocenters. The number of carbonyl (C=O) groups excluding carboxylic acids is 1. The van der Waals surface area contributed by atoms with E-state index in [0.717, 1.165) is 17.5 Å². The van der Waals surface area contributed by atoms with E-state index in [-0.39, 0.29) is 17.0 Å². The van der Waals surface area contributed by atoms with Crippen molar-refractivity contribution in [2.24, 2.45) is 0 Å². The molecule has 7 heteroatoms. The van der Waals surface area contributed by atoms with E-state index in [2.05, 4.69) is 6.07 Å². The standard InChI is InChI=1S/C21H23N3O3S/c1-3-8-24-20(26)18(13-16-7-5-4-6-15(16)2)28-21(24)17(14-22)19(25)23-9-11-27-12-10-23/h4-7,13H,3,8-12H2,1-2H3. The van der Waals surface area contributed by atoms with Gasteiger partial charge in [-0.2, -0.15) is 5.26 Å². The van der Waals surface area contributed by atoms with E-state index >= 15 is 0 Å². The van der Waals surface area contributed by atoms with Crippen molar-refractivity contribution in [2.45, 2.75) is 26.8 Å². The Morgan fingerprint density at radius 3 is 2.68 bits per heavy atom. The third kappa shape index (κ3) is 4.08. The van der Waals surface area contributed by atoms with Gasteiger partial charge in [-0.1, -0.05) is 31.2 Å². The lowest BCUT2D eigenvalue weighted by Crippen LogP contribution is -2.42. The van der Waals surface area contributed by atoms with Gasteiger partial charge in [0.25, 0.3) is 11.5 Å². The normalized spacial score (nSPS) is 16.0. The molecule has 2 heterocycles. The summed E-state index contributed by atoms with van der Waals surface area (Å²) in [6.07, 6.45) is 2.57. The van der Waals surface area contributed by atoms with Crippen molar-refractivity contribution in [3.63, 3.8) is 0 Å². The van der Waals surface area contributed by atoms with Crippen LogP contribution in [0.25, 0.3) is 11.6 Å². The van der Waals surface area contributed by atoms with Crippen molar-refractivity contribution in [3.8, 4) is 6.07 Å². The minimum Gasteiger partial charge on any atom is -0.378 e. The maximum atomic E-state index is 13.0. The highest BCUT2D eigenvalue weighted by Crippen LogP contribution is 2.08. The van der Waals surface area contributed by atoms with Gasteiger partial charge in [0, 0.05) is 19.6 Å². The SMILES string of the molecule is CCCn1c(=C(C#N)C(=O)N2CCOCC2)sc(=Cc2ccccc2C)c1=O. The fourth-order valence-corrected chi connectivity index (χ4v) is 4.24. The van der Waals surface area contributed by atoms with E-state index < -0.39 is 0 Å². The number of rotatable bonds is 4. The minimum absolute atomic E-state index is 0.0295. The van der Waals surface area contributed by atoms with Crippen LogP contribution in [-0.4, -0.2) is 41.7 Å². The van der Waals surface area contributed by atoms with Crippen LogP contribution in [-0.2, 0) is 16.1 Å². The van der Waals surface area contributed by atoms with Gasteiger partial charge in [-0.05, 0) is 30.5 Å². The molecule has 1 amide bonds. The second kappa shape index (κ2) is 9.00. The fourth-order valence-electron chi connectivity index (χ4n) is 3.13. The van der Waals surface area contributed by atoms with E-state index in [0.29, 0.717) is 42.0 Å². The molecule has 0 bridgehead atoms. The number of hydrogen-bond acceptors (Lipinski definition) is 5. The second-order valence-corrected chi connectivity index (χ2v) is 7.65. The third-order valence-electron chi connectivity index (χ3n) is 4.67. The molecule has 3 rings (SSSR count). The highest BCUT2D eigenvalue weighted by Gasteiger charge is 2.23. The number of benzene rings is 1. The molecular weight excluding hydrogens is 374 g/mol. The number of aromatic nitrogens is 1. The zero-order chi connectivity index (χ0) is 20.1. The predicted octanol–water partition coefficient (Wildman–Crippen LogP) is 0.990. The van der Waals surface area contributed by atoms with Crippen LogP contribution >= 0.6 is 11.3 Å². The fraction of sp³-hybridized carbons (Fsp3) is 0.381. The van der Waals surface area contributed by atoms with Crippen LogP contribution in [0.5, 0.6) is 0 Å². The number of nitrogens with zero attached hydrogens (tertiary/aromatic N) is 3. The van der Waals surface area contributed by atoms with Crippen molar-refractivity contribution < 1.29 is 9.53 Å². The molecule has 6 nitrogen and oxygen atoms in total. The molecule has 1 aromatic heterocycles. The molecule has 0 aliphatic carbocycles. The van der Waals surface area contributed by atoms with E-state index in [1.54, 1.807) is 9.47 Å². The average molecular weight is 398 g/mol. The molecule has 1 aromatic carbocycles.